The molecule has 0 fully saturated rings. The molecule has 2 aromatic rings. The Morgan fingerprint density at radius 1 is 1.47 bits per heavy atom. The molecule has 0 saturated carbocycles. The Hall–Kier alpha value is -2.30. The summed E-state index contributed by atoms with van der Waals surface area (Å²) in [4.78, 5) is 15.9. The molecule has 0 radical (unpaired) electrons. The summed E-state index contributed by atoms with van der Waals surface area (Å²) in [5.41, 5.74) is 0.265. The van der Waals surface area contributed by atoms with Gasteiger partial charge in [-0.05, 0) is 12.1 Å². The SMILES string of the molecule is Cn1ccnc1CNC(=O)c1ccccc1O. The monoisotopic (exact) mass is 231 g/mol. The molecule has 2 rings (SSSR count). The number of para-hydroxylation sites is 1. The van der Waals surface area contributed by atoms with Crippen LogP contribution in [-0.2, 0) is 13.6 Å². The van der Waals surface area contributed by atoms with Crippen LogP contribution in [-0.4, -0.2) is 20.6 Å². The topological polar surface area (TPSA) is 67.2 Å². The number of imidazole rings is 1. The molecule has 0 unspecified atom stereocenters. The molecule has 1 aromatic carbocycles. The Bertz CT molecular complexity index is 534. The summed E-state index contributed by atoms with van der Waals surface area (Å²) in [6.07, 6.45) is 3.48. The maximum absolute atomic E-state index is 11.8. The van der Waals surface area contributed by atoms with Crippen LogP contribution in [0.1, 0.15) is 16.2 Å². The van der Waals surface area contributed by atoms with E-state index in [0.717, 1.165) is 5.82 Å². The van der Waals surface area contributed by atoms with Gasteiger partial charge in [0, 0.05) is 19.4 Å². The lowest BCUT2D eigenvalue weighted by Gasteiger charge is -2.06. The minimum absolute atomic E-state index is 0.0233. The van der Waals surface area contributed by atoms with E-state index in [2.05, 4.69) is 10.3 Å². The van der Waals surface area contributed by atoms with Gasteiger partial charge in [0.05, 0.1) is 12.1 Å². The van der Waals surface area contributed by atoms with E-state index in [1.54, 1.807) is 24.4 Å². The number of nitrogens with zero attached hydrogens (tertiary/aromatic N) is 2. The number of carbonyl (C=O) groups is 1. The highest BCUT2D eigenvalue weighted by Crippen LogP contribution is 2.15. The minimum atomic E-state index is -0.314. The van der Waals surface area contributed by atoms with E-state index in [1.807, 2.05) is 17.8 Å². The second kappa shape index (κ2) is 4.69. The molecule has 1 aromatic heterocycles. The standard InChI is InChI=1S/C12H13N3O2/c1-15-7-6-13-11(15)8-14-12(17)9-4-2-3-5-10(9)16/h2-7,16H,8H2,1H3,(H,14,17). The fraction of sp³-hybridized carbons (Fsp3) is 0.167. The lowest BCUT2D eigenvalue weighted by Crippen LogP contribution is -2.24. The van der Waals surface area contributed by atoms with Gasteiger partial charge in [-0.2, -0.15) is 0 Å². The number of aryl methyl sites for hydroxylation is 1. The van der Waals surface area contributed by atoms with Gasteiger partial charge in [-0.1, -0.05) is 12.1 Å². The molecule has 0 aliphatic heterocycles. The highest BCUT2D eigenvalue weighted by Gasteiger charge is 2.10. The zero-order valence-corrected chi connectivity index (χ0v) is 9.42. The lowest BCUT2D eigenvalue weighted by atomic mass is 10.2. The van der Waals surface area contributed by atoms with Gasteiger partial charge in [0.15, 0.2) is 0 Å². The van der Waals surface area contributed by atoms with E-state index in [1.165, 1.54) is 6.07 Å². The molecule has 2 N–H and O–H groups in total. The van der Waals surface area contributed by atoms with Gasteiger partial charge in [0.25, 0.3) is 5.91 Å². The number of amides is 1. The number of aromatic nitrogens is 2. The van der Waals surface area contributed by atoms with Gasteiger partial charge in [-0.3, -0.25) is 4.79 Å². The molecule has 0 atom stereocenters. The van der Waals surface area contributed by atoms with Crippen molar-refractivity contribution in [3.63, 3.8) is 0 Å². The van der Waals surface area contributed by atoms with Gasteiger partial charge >= 0.3 is 0 Å². The first kappa shape index (κ1) is 11.2. The number of hydrogen-bond acceptors (Lipinski definition) is 3. The molecule has 0 bridgehead atoms. The highest BCUT2D eigenvalue weighted by atomic mass is 16.3. The average Bonchev–Trinajstić information content (AvgIpc) is 2.72. The number of benzene rings is 1. The van der Waals surface area contributed by atoms with Crippen LogP contribution in [0.4, 0.5) is 0 Å². The van der Waals surface area contributed by atoms with Gasteiger partial charge in [0.1, 0.15) is 11.6 Å². The summed E-state index contributed by atoms with van der Waals surface area (Å²) < 4.78 is 1.82. The minimum Gasteiger partial charge on any atom is -0.507 e. The second-order valence-electron chi connectivity index (χ2n) is 3.65. The van der Waals surface area contributed by atoms with Crippen LogP contribution >= 0.6 is 0 Å². The van der Waals surface area contributed by atoms with Crippen molar-refractivity contribution in [3.05, 3.63) is 48.0 Å². The maximum Gasteiger partial charge on any atom is 0.255 e. The van der Waals surface area contributed by atoms with Crippen molar-refractivity contribution in [2.24, 2.45) is 7.05 Å². The summed E-state index contributed by atoms with van der Waals surface area (Å²) in [5.74, 6) is 0.421. The summed E-state index contributed by atoms with van der Waals surface area (Å²) in [5, 5.41) is 12.2. The van der Waals surface area contributed by atoms with Crippen molar-refractivity contribution in [1.29, 1.82) is 0 Å². The molecule has 1 heterocycles. The molecular weight excluding hydrogens is 218 g/mol. The quantitative estimate of drug-likeness (QED) is 0.829. The normalized spacial score (nSPS) is 10.2. The van der Waals surface area contributed by atoms with Crippen molar-refractivity contribution in [2.75, 3.05) is 0 Å². The van der Waals surface area contributed by atoms with Gasteiger partial charge in [-0.15, -0.1) is 0 Å². The highest BCUT2D eigenvalue weighted by molar-refractivity contribution is 5.96. The number of aromatic hydroxyl groups is 1. The molecule has 17 heavy (non-hydrogen) atoms. The van der Waals surface area contributed by atoms with Gasteiger partial charge in [-0.25, -0.2) is 4.98 Å². The molecule has 0 aliphatic carbocycles. The van der Waals surface area contributed by atoms with Gasteiger partial charge in [0.2, 0.25) is 0 Å². The zero-order valence-electron chi connectivity index (χ0n) is 9.42. The van der Waals surface area contributed by atoms with E-state index < -0.39 is 0 Å². The van der Waals surface area contributed by atoms with Crippen molar-refractivity contribution in [1.82, 2.24) is 14.9 Å². The van der Waals surface area contributed by atoms with Crippen molar-refractivity contribution in [3.8, 4) is 5.75 Å². The molecule has 0 aliphatic rings. The molecular formula is C12H13N3O2. The molecule has 0 saturated heterocycles. The van der Waals surface area contributed by atoms with Crippen LogP contribution in [0.15, 0.2) is 36.7 Å². The summed E-state index contributed by atoms with van der Waals surface area (Å²) in [7, 11) is 1.86. The first-order chi connectivity index (χ1) is 8.18. The van der Waals surface area contributed by atoms with Crippen LogP contribution < -0.4 is 5.32 Å². The Morgan fingerprint density at radius 3 is 2.88 bits per heavy atom. The summed E-state index contributed by atoms with van der Waals surface area (Å²) >= 11 is 0. The Balaban J connectivity index is 2.04. The van der Waals surface area contributed by atoms with E-state index in [0.29, 0.717) is 6.54 Å². The van der Waals surface area contributed by atoms with Crippen molar-refractivity contribution < 1.29 is 9.90 Å². The molecule has 0 spiro atoms. The fourth-order valence-electron chi connectivity index (χ4n) is 1.49. The number of rotatable bonds is 3. The molecule has 5 nitrogen and oxygen atoms in total. The van der Waals surface area contributed by atoms with Crippen LogP contribution in [0.2, 0.25) is 0 Å². The van der Waals surface area contributed by atoms with Crippen molar-refractivity contribution >= 4 is 5.91 Å². The van der Waals surface area contributed by atoms with Crippen molar-refractivity contribution in [2.45, 2.75) is 6.54 Å². The molecule has 1 amide bonds. The zero-order chi connectivity index (χ0) is 12.3. The molecule has 88 valence electrons. The number of phenolic OH excluding ortho intramolecular Hbond substituents is 1. The number of phenols is 1. The maximum atomic E-state index is 11.8. The number of nitrogens with one attached hydrogen (secondary N) is 1. The van der Waals surface area contributed by atoms with E-state index >= 15 is 0 Å². The van der Waals surface area contributed by atoms with Gasteiger partial charge < -0.3 is 15.0 Å². The number of hydrogen-bond donors (Lipinski definition) is 2. The van der Waals surface area contributed by atoms with E-state index in [4.69, 9.17) is 0 Å². The van der Waals surface area contributed by atoms with Crippen LogP contribution in [0.25, 0.3) is 0 Å². The third kappa shape index (κ3) is 2.44. The lowest BCUT2D eigenvalue weighted by molar-refractivity contribution is 0.0947. The number of carbonyl (C=O) groups excluding carboxylic acids is 1. The van der Waals surface area contributed by atoms with Crippen LogP contribution in [0.3, 0.4) is 0 Å². The predicted octanol–water partition coefficient (Wildman–Crippen LogP) is 1.06. The first-order valence-electron chi connectivity index (χ1n) is 5.21. The Kier molecular flexibility index (Phi) is 3.09. The smallest absolute Gasteiger partial charge is 0.255 e. The van der Waals surface area contributed by atoms with Crippen LogP contribution in [0.5, 0.6) is 5.75 Å². The second-order valence-corrected chi connectivity index (χ2v) is 3.65. The Morgan fingerprint density at radius 2 is 2.24 bits per heavy atom. The largest absolute Gasteiger partial charge is 0.507 e. The Labute approximate surface area is 98.7 Å². The predicted molar refractivity (Wildman–Crippen MR) is 62.5 cm³/mol. The van der Waals surface area contributed by atoms with E-state index in [-0.39, 0.29) is 17.2 Å². The average molecular weight is 231 g/mol. The third-order valence-electron chi connectivity index (χ3n) is 2.48. The summed E-state index contributed by atoms with van der Waals surface area (Å²) in [6.45, 7) is 0.330. The molecule has 5 heteroatoms. The van der Waals surface area contributed by atoms with Crippen LogP contribution in [0, 0.1) is 0 Å². The summed E-state index contributed by atoms with van der Waals surface area (Å²) in [6, 6.07) is 6.43. The third-order valence-corrected chi connectivity index (χ3v) is 2.48. The first-order valence-corrected chi connectivity index (χ1v) is 5.21. The van der Waals surface area contributed by atoms with E-state index in [9.17, 15) is 9.90 Å². The fourth-order valence-corrected chi connectivity index (χ4v) is 1.49.